The zero-order valence-electron chi connectivity index (χ0n) is 12.6. The summed E-state index contributed by atoms with van der Waals surface area (Å²) in [7, 11) is 0. The second-order valence-corrected chi connectivity index (χ2v) is 6.58. The predicted octanol–water partition coefficient (Wildman–Crippen LogP) is 3.31. The van der Waals surface area contributed by atoms with Crippen LogP contribution in [0.1, 0.15) is 40.0 Å². The van der Waals surface area contributed by atoms with Gasteiger partial charge < -0.3 is 10.5 Å². The molecule has 0 bridgehead atoms. The van der Waals surface area contributed by atoms with E-state index in [1.807, 2.05) is 51.1 Å². The molecule has 0 spiro atoms. The maximum atomic E-state index is 12.4. The van der Waals surface area contributed by atoms with Crippen LogP contribution in [0.2, 0.25) is 0 Å². The van der Waals surface area contributed by atoms with Crippen molar-refractivity contribution in [2.45, 2.75) is 51.2 Å². The first kappa shape index (κ1) is 14.9. The number of hydrogen-bond donors (Lipinski definition) is 1. The van der Waals surface area contributed by atoms with Gasteiger partial charge in [0.15, 0.2) is 0 Å². The van der Waals surface area contributed by atoms with Crippen molar-refractivity contribution in [1.82, 2.24) is 0 Å². The minimum atomic E-state index is -0.496. The summed E-state index contributed by atoms with van der Waals surface area (Å²) in [6.45, 7) is 6.22. The number of hydrogen-bond acceptors (Lipinski definition) is 3. The number of rotatable bonds is 4. The van der Waals surface area contributed by atoms with E-state index < -0.39 is 5.60 Å². The average Bonchev–Trinajstić information content (AvgIpc) is 3.07. The number of para-hydroxylation sites is 1. The van der Waals surface area contributed by atoms with Gasteiger partial charge in [0.05, 0.1) is 0 Å². The summed E-state index contributed by atoms with van der Waals surface area (Å²) in [4.78, 5) is 14.0. The molecule has 1 aromatic rings. The average molecular weight is 276 g/mol. The molecule has 2 N–H and O–H groups in total. The Balaban J connectivity index is 2.09. The number of ether oxygens (including phenoxy) is 1. The molecule has 4 heteroatoms. The molecule has 1 fully saturated rings. The van der Waals surface area contributed by atoms with Crippen molar-refractivity contribution in [2.75, 3.05) is 11.4 Å². The fourth-order valence-corrected chi connectivity index (χ4v) is 2.00. The van der Waals surface area contributed by atoms with Crippen LogP contribution in [0.5, 0.6) is 0 Å². The van der Waals surface area contributed by atoms with Crippen molar-refractivity contribution < 1.29 is 9.53 Å². The largest absolute Gasteiger partial charge is 0.443 e. The lowest BCUT2D eigenvalue weighted by Gasteiger charge is -2.28. The number of carbonyl (C=O) groups excluding carboxylic acids is 1. The van der Waals surface area contributed by atoms with Gasteiger partial charge in [-0.2, -0.15) is 0 Å². The highest BCUT2D eigenvalue weighted by Crippen LogP contribution is 2.36. The van der Waals surface area contributed by atoms with Gasteiger partial charge in [-0.15, -0.1) is 0 Å². The highest BCUT2D eigenvalue weighted by Gasteiger charge is 2.38. The van der Waals surface area contributed by atoms with Crippen molar-refractivity contribution in [2.24, 2.45) is 5.73 Å². The van der Waals surface area contributed by atoms with E-state index in [4.69, 9.17) is 10.5 Å². The van der Waals surface area contributed by atoms with Crippen molar-refractivity contribution in [3.8, 4) is 0 Å². The zero-order valence-corrected chi connectivity index (χ0v) is 12.6. The molecule has 2 rings (SSSR count). The van der Waals surface area contributed by atoms with Crippen LogP contribution in [0.3, 0.4) is 0 Å². The lowest BCUT2D eigenvalue weighted by atomic mass is 10.1. The van der Waals surface area contributed by atoms with Gasteiger partial charge >= 0.3 is 6.09 Å². The molecule has 0 aromatic heterocycles. The van der Waals surface area contributed by atoms with Crippen molar-refractivity contribution in [1.29, 1.82) is 0 Å². The van der Waals surface area contributed by atoms with Crippen LogP contribution in [-0.2, 0) is 4.74 Å². The third kappa shape index (κ3) is 4.23. The molecule has 0 unspecified atom stereocenters. The SMILES string of the molecule is CC(C)(C)OC(=O)N(CCC1(N)CC1)c1ccccc1. The Kier molecular flexibility index (Phi) is 4.04. The van der Waals surface area contributed by atoms with E-state index >= 15 is 0 Å². The molecule has 4 nitrogen and oxygen atoms in total. The maximum Gasteiger partial charge on any atom is 0.414 e. The van der Waals surface area contributed by atoms with Gasteiger partial charge in [0.1, 0.15) is 5.60 Å². The van der Waals surface area contributed by atoms with E-state index in [9.17, 15) is 4.79 Å². The summed E-state index contributed by atoms with van der Waals surface area (Å²) in [6.07, 6.45) is 2.59. The summed E-state index contributed by atoms with van der Waals surface area (Å²) in [5.41, 5.74) is 6.40. The minimum Gasteiger partial charge on any atom is -0.443 e. The fraction of sp³-hybridized carbons (Fsp3) is 0.562. The molecule has 20 heavy (non-hydrogen) atoms. The summed E-state index contributed by atoms with van der Waals surface area (Å²) in [6, 6.07) is 9.60. The van der Waals surface area contributed by atoms with Crippen LogP contribution < -0.4 is 10.6 Å². The Labute approximate surface area is 120 Å². The molecule has 0 aliphatic heterocycles. The van der Waals surface area contributed by atoms with E-state index in [1.165, 1.54) is 0 Å². The molecule has 1 amide bonds. The Hall–Kier alpha value is -1.55. The van der Waals surface area contributed by atoms with Crippen LogP contribution in [0.15, 0.2) is 30.3 Å². The smallest absolute Gasteiger partial charge is 0.414 e. The van der Waals surface area contributed by atoms with Crippen LogP contribution in [0, 0.1) is 0 Å². The molecule has 1 saturated carbocycles. The number of nitrogens with zero attached hydrogens (tertiary/aromatic N) is 1. The maximum absolute atomic E-state index is 12.4. The molecule has 1 aliphatic rings. The van der Waals surface area contributed by atoms with E-state index in [0.717, 1.165) is 24.9 Å². The van der Waals surface area contributed by atoms with E-state index in [2.05, 4.69) is 0 Å². The predicted molar refractivity (Wildman–Crippen MR) is 80.8 cm³/mol. The molecule has 0 heterocycles. The first-order valence-electron chi connectivity index (χ1n) is 7.14. The Morgan fingerprint density at radius 3 is 2.40 bits per heavy atom. The van der Waals surface area contributed by atoms with Gasteiger partial charge in [-0.25, -0.2) is 4.79 Å². The van der Waals surface area contributed by atoms with Gasteiger partial charge in [-0.1, -0.05) is 18.2 Å². The van der Waals surface area contributed by atoms with E-state index in [-0.39, 0.29) is 11.6 Å². The van der Waals surface area contributed by atoms with Crippen molar-refractivity contribution in [3.63, 3.8) is 0 Å². The van der Waals surface area contributed by atoms with E-state index in [0.29, 0.717) is 6.54 Å². The third-order valence-corrected chi connectivity index (χ3v) is 3.41. The minimum absolute atomic E-state index is 0.0744. The molecule has 110 valence electrons. The van der Waals surface area contributed by atoms with Gasteiger partial charge in [-0.05, 0) is 52.2 Å². The number of amides is 1. The summed E-state index contributed by atoms with van der Waals surface area (Å²) >= 11 is 0. The first-order valence-corrected chi connectivity index (χ1v) is 7.14. The normalized spacial score (nSPS) is 16.6. The topological polar surface area (TPSA) is 55.6 Å². The molecule has 1 aliphatic carbocycles. The van der Waals surface area contributed by atoms with Gasteiger partial charge in [-0.3, -0.25) is 4.90 Å². The monoisotopic (exact) mass is 276 g/mol. The number of benzene rings is 1. The lowest BCUT2D eigenvalue weighted by Crippen LogP contribution is -2.39. The summed E-state index contributed by atoms with van der Waals surface area (Å²) < 4.78 is 5.49. The quantitative estimate of drug-likeness (QED) is 0.918. The number of anilines is 1. The Morgan fingerprint density at radius 1 is 1.30 bits per heavy atom. The van der Waals surface area contributed by atoms with Crippen LogP contribution in [-0.4, -0.2) is 23.8 Å². The molecular formula is C16H24N2O2. The molecular weight excluding hydrogens is 252 g/mol. The Bertz CT molecular complexity index is 461. The van der Waals surface area contributed by atoms with Crippen LogP contribution >= 0.6 is 0 Å². The summed E-state index contributed by atoms with van der Waals surface area (Å²) in [5.74, 6) is 0. The second-order valence-electron chi connectivity index (χ2n) is 6.58. The van der Waals surface area contributed by atoms with Gasteiger partial charge in [0.25, 0.3) is 0 Å². The van der Waals surface area contributed by atoms with Gasteiger partial charge in [0.2, 0.25) is 0 Å². The molecule has 1 aromatic carbocycles. The first-order chi connectivity index (χ1) is 9.29. The highest BCUT2D eigenvalue weighted by molar-refractivity contribution is 5.87. The molecule has 0 atom stereocenters. The number of carbonyl (C=O) groups is 1. The zero-order chi connectivity index (χ0) is 14.8. The molecule has 0 radical (unpaired) electrons. The Morgan fingerprint density at radius 2 is 1.90 bits per heavy atom. The van der Waals surface area contributed by atoms with Crippen molar-refractivity contribution >= 4 is 11.8 Å². The lowest BCUT2D eigenvalue weighted by molar-refractivity contribution is 0.0579. The highest BCUT2D eigenvalue weighted by atomic mass is 16.6. The summed E-state index contributed by atoms with van der Waals surface area (Å²) in [5, 5.41) is 0. The van der Waals surface area contributed by atoms with Crippen molar-refractivity contribution in [3.05, 3.63) is 30.3 Å². The number of nitrogens with two attached hydrogens (primary N) is 1. The van der Waals surface area contributed by atoms with Gasteiger partial charge in [0, 0.05) is 17.8 Å². The fourth-order valence-electron chi connectivity index (χ4n) is 2.00. The standard InChI is InChI=1S/C16H24N2O2/c1-15(2,3)20-14(19)18(12-11-16(17)9-10-16)13-7-5-4-6-8-13/h4-8H,9-12,17H2,1-3H3. The molecule has 0 saturated heterocycles. The van der Waals surface area contributed by atoms with E-state index in [1.54, 1.807) is 4.90 Å². The van der Waals surface area contributed by atoms with Crippen LogP contribution in [0.4, 0.5) is 10.5 Å². The van der Waals surface area contributed by atoms with Crippen LogP contribution in [0.25, 0.3) is 0 Å². The third-order valence-electron chi connectivity index (χ3n) is 3.41. The second kappa shape index (κ2) is 5.44.